The highest BCUT2D eigenvalue weighted by atomic mass is 32.1. The summed E-state index contributed by atoms with van der Waals surface area (Å²) in [6.07, 6.45) is 0. The van der Waals surface area contributed by atoms with Crippen molar-refractivity contribution in [3.8, 4) is 0 Å². The van der Waals surface area contributed by atoms with Crippen molar-refractivity contribution in [2.75, 3.05) is 0 Å². The van der Waals surface area contributed by atoms with E-state index in [-0.39, 0.29) is 5.78 Å². The van der Waals surface area contributed by atoms with Crippen molar-refractivity contribution in [2.24, 2.45) is 0 Å². The first-order chi connectivity index (χ1) is 6.38. The number of hydrogen-bond donors (Lipinski definition) is 0. The Bertz CT molecular complexity index is 389. The number of carbonyl (C=O) groups is 1. The lowest BCUT2D eigenvalue weighted by atomic mass is 10.1. The minimum absolute atomic E-state index is 0.0677. The van der Waals surface area contributed by atoms with Crippen molar-refractivity contribution in [3.05, 3.63) is 58.3 Å². The van der Waals surface area contributed by atoms with Gasteiger partial charge in [0.15, 0.2) is 5.78 Å². The summed E-state index contributed by atoms with van der Waals surface area (Å²) in [6.45, 7) is 0. The van der Waals surface area contributed by atoms with Crippen LogP contribution in [0.2, 0.25) is 0 Å². The van der Waals surface area contributed by atoms with Gasteiger partial charge in [0.1, 0.15) is 0 Å². The standard InChI is InChI=1S/C11H7OS/c12-11(10-6-7-13-8-10)9-4-2-1-3-5-9/h1-6,8H. The second-order valence-electron chi connectivity index (χ2n) is 2.65. The van der Waals surface area contributed by atoms with Crippen LogP contribution < -0.4 is 0 Å². The molecule has 0 fully saturated rings. The summed E-state index contributed by atoms with van der Waals surface area (Å²) in [5, 5.41) is 4.72. The average molecular weight is 187 g/mol. The maximum Gasteiger partial charge on any atom is 0.193 e. The molecule has 0 aliphatic rings. The monoisotopic (exact) mass is 187 g/mol. The lowest BCUT2D eigenvalue weighted by Crippen LogP contribution is -1.98. The molecule has 0 aliphatic heterocycles. The van der Waals surface area contributed by atoms with Crippen LogP contribution in [0.5, 0.6) is 0 Å². The van der Waals surface area contributed by atoms with Crippen molar-refractivity contribution in [1.29, 1.82) is 0 Å². The lowest BCUT2D eigenvalue weighted by molar-refractivity contribution is 0.103. The van der Waals surface area contributed by atoms with Gasteiger partial charge in [-0.25, -0.2) is 0 Å². The summed E-state index contributed by atoms with van der Waals surface area (Å²) in [5.41, 5.74) is 1.45. The molecule has 0 amide bonds. The maximum atomic E-state index is 11.7. The summed E-state index contributed by atoms with van der Waals surface area (Å²) in [6, 6.07) is 11.0. The summed E-state index contributed by atoms with van der Waals surface area (Å²) in [7, 11) is 0. The Hall–Kier alpha value is -1.41. The van der Waals surface area contributed by atoms with Gasteiger partial charge in [-0.15, -0.1) is 11.3 Å². The van der Waals surface area contributed by atoms with Crippen molar-refractivity contribution in [3.63, 3.8) is 0 Å². The van der Waals surface area contributed by atoms with Gasteiger partial charge in [-0.2, -0.15) is 0 Å². The molecule has 0 saturated carbocycles. The topological polar surface area (TPSA) is 17.1 Å². The molecule has 0 N–H and O–H groups in total. The third-order valence-corrected chi connectivity index (χ3v) is 2.39. The third kappa shape index (κ3) is 1.68. The van der Waals surface area contributed by atoms with E-state index in [1.807, 2.05) is 35.7 Å². The normalized spacial score (nSPS) is 9.85. The molecule has 1 aromatic heterocycles. The van der Waals surface area contributed by atoms with Gasteiger partial charge in [-0.05, 0) is 6.07 Å². The van der Waals surface area contributed by atoms with Gasteiger partial charge in [0.2, 0.25) is 0 Å². The fraction of sp³-hybridized carbons (Fsp3) is 0. The van der Waals surface area contributed by atoms with E-state index < -0.39 is 0 Å². The SMILES string of the molecule is O=C(c1ccccc1)c1c[c]sc1. The van der Waals surface area contributed by atoms with Crippen LogP contribution in [0.4, 0.5) is 0 Å². The molecule has 2 heteroatoms. The van der Waals surface area contributed by atoms with E-state index in [1.54, 1.807) is 6.07 Å². The predicted molar refractivity (Wildman–Crippen MR) is 53.0 cm³/mol. The molecule has 0 aliphatic carbocycles. The molecule has 0 bridgehead atoms. The van der Waals surface area contributed by atoms with Crippen LogP contribution >= 0.6 is 11.3 Å². The molecule has 0 saturated heterocycles. The Morgan fingerprint density at radius 1 is 1.15 bits per heavy atom. The van der Waals surface area contributed by atoms with E-state index in [0.29, 0.717) is 0 Å². The fourth-order valence-corrected chi connectivity index (χ4v) is 1.67. The number of thiophene rings is 1. The van der Waals surface area contributed by atoms with Crippen LogP contribution in [0.25, 0.3) is 0 Å². The van der Waals surface area contributed by atoms with Gasteiger partial charge in [0.25, 0.3) is 0 Å². The molecule has 1 radical (unpaired) electrons. The number of benzene rings is 1. The van der Waals surface area contributed by atoms with Crippen LogP contribution in [0.3, 0.4) is 0 Å². The van der Waals surface area contributed by atoms with Gasteiger partial charge in [-0.3, -0.25) is 4.79 Å². The first-order valence-electron chi connectivity index (χ1n) is 3.92. The zero-order chi connectivity index (χ0) is 9.10. The van der Waals surface area contributed by atoms with Gasteiger partial charge in [0.05, 0.1) is 0 Å². The summed E-state index contributed by atoms with van der Waals surface area (Å²) < 4.78 is 0. The van der Waals surface area contributed by atoms with E-state index in [4.69, 9.17) is 0 Å². The highest BCUT2D eigenvalue weighted by Crippen LogP contribution is 2.11. The Morgan fingerprint density at radius 2 is 1.92 bits per heavy atom. The van der Waals surface area contributed by atoms with Gasteiger partial charge < -0.3 is 0 Å². The molecule has 13 heavy (non-hydrogen) atoms. The second-order valence-corrected chi connectivity index (χ2v) is 3.36. The molecule has 63 valence electrons. The molecular weight excluding hydrogens is 180 g/mol. The van der Waals surface area contributed by atoms with Gasteiger partial charge in [-0.1, -0.05) is 30.3 Å². The largest absolute Gasteiger partial charge is 0.289 e. The molecule has 0 atom stereocenters. The fourth-order valence-electron chi connectivity index (χ4n) is 1.10. The van der Waals surface area contributed by atoms with Gasteiger partial charge in [0, 0.05) is 21.9 Å². The third-order valence-electron chi connectivity index (χ3n) is 1.77. The summed E-state index contributed by atoms with van der Waals surface area (Å²) in [4.78, 5) is 11.7. The van der Waals surface area contributed by atoms with E-state index in [0.717, 1.165) is 11.1 Å². The second kappa shape index (κ2) is 3.54. The van der Waals surface area contributed by atoms with Crippen LogP contribution in [-0.2, 0) is 0 Å². The Kier molecular flexibility index (Phi) is 2.23. The minimum Gasteiger partial charge on any atom is -0.289 e. The van der Waals surface area contributed by atoms with Crippen LogP contribution in [0, 0.1) is 5.38 Å². The number of hydrogen-bond acceptors (Lipinski definition) is 2. The van der Waals surface area contributed by atoms with Crippen LogP contribution in [0.15, 0.2) is 41.8 Å². The van der Waals surface area contributed by atoms with Crippen molar-refractivity contribution in [1.82, 2.24) is 0 Å². The molecule has 1 heterocycles. The van der Waals surface area contributed by atoms with Crippen molar-refractivity contribution >= 4 is 17.1 Å². The lowest BCUT2D eigenvalue weighted by Gasteiger charge is -1.95. The zero-order valence-corrected chi connectivity index (χ0v) is 7.67. The highest BCUT2D eigenvalue weighted by Gasteiger charge is 2.07. The Labute approximate surface area is 80.7 Å². The molecule has 0 unspecified atom stereocenters. The van der Waals surface area contributed by atoms with Crippen molar-refractivity contribution in [2.45, 2.75) is 0 Å². The smallest absolute Gasteiger partial charge is 0.193 e. The van der Waals surface area contributed by atoms with E-state index in [9.17, 15) is 4.79 Å². The predicted octanol–water partition coefficient (Wildman–Crippen LogP) is 2.78. The number of carbonyl (C=O) groups excluding carboxylic acids is 1. The van der Waals surface area contributed by atoms with Crippen LogP contribution in [-0.4, -0.2) is 5.78 Å². The van der Waals surface area contributed by atoms with E-state index in [1.165, 1.54) is 11.3 Å². The number of rotatable bonds is 2. The Morgan fingerprint density at radius 3 is 2.54 bits per heavy atom. The first-order valence-corrected chi connectivity index (χ1v) is 4.80. The summed E-state index contributed by atoms with van der Waals surface area (Å²) in [5.74, 6) is 0.0677. The maximum absolute atomic E-state index is 11.7. The molecule has 2 aromatic rings. The molecule has 0 spiro atoms. The van der Waals surface area contributed by atoms with E-state index >= 15 is 0 Å². The highest BCUT2D eigenvalue weighted by molar-refractivity contribution is 7.07. The van der Waals surface area contributed by atoms with Crippen molar-refractivity contribution < 1.29 is 4.79 Å². The quantitative estimate of drug-likeness (QED) is 0.661. The number of ketones is 1. The molecule has 1 aromatic carbocycles. The van der Waals surface area contributed by atoms with Crippen LogP contribution in [0.1, 0.15) is 15.9 Å². The zero-order valence-electron chi connectivity index (χ0n) is 6.86. The average Bonchev–Trinajstić information content (AvgIpc) is 2.71. The van der Waals surface area contributed by atoms with E-state index in [2.05, 4.69) is 5.38 Å². The van der Waals surface area contributed by atoms with Gasteiger partial charge >= 0.3 is 0 Å². The summed E-state index contributed by atoms with van der Waals surface area (Å²) >= 11 is 1.42. The molecule has 1 nitrogen and oxygen atoms in total. The molecule has 2 rings (SSSR count). The molecular formula is C11H7OS. The Balaban J connectivity index is 2.34. The minimum atomic E-state index is 0.0677. The first kappa shape index (κ1) is 8.20.